The van der Waals surface area contributed by atoms with Gasteiger partial charge in [-0.15, -0.1) is 0 Å². The summed E-state index contributed by atoms with van der Waals surface area (Å²) in [6, 6.07) is 0. The molecule has 0 aromatic heterocycles. The van der Waals surface area contributed by atoms with E-state index >= 15 is 0 Å². The van der Waals surface area contributed by atoms with Crippen LogP contribution in [0.15, 0.2) is 12.7 Å². The molecular weight excluding hydrogens is 238 g/mol. The molecule has 2 N–H and O–H groups in total. The van der Waals surface area contributed by atoms with E-state index in [1.807, 2.05) is 0 Å². The maximum atomic E-state index is 11.2. The first kappa shape index (κ1) is 16.6. The molecule has 0 aliphatic heterocycles. The Morgan fingerprint density at radius 1 is 1.44 bits per heavy atom. The van der Waals surface area contributed by atoms with Gasteiger partial charge in [0.25, 0.3) is 0 Å². The number of carbonyl (C=O) groups excluding carboxylic acids is 2. The van der Waals surface area contributed by atoms with Crippen LogP contribution in [0.5, 0.6) is 0 Å². The van der Waals surface area contributed by atoms with E-state index in [9.17, 15) is 9.59 Å². The highest BCUT2D eigenvalue weighted by molar-refractivity contribution is 5.86. The third-order valence-corrected chi connectivity index (χ3v) is 2.19. The second-order valence-corrected chi connectivity index (χ2v) is 3.65. The average Bonchev–Trinajstić information content (AvgIpc) is 2.39. The lowest BCUT2D eigenvalue weighted by Gasteiger charge is -2.08. The molecule has 0 aromatic rings. The summed E-state index contributed by atoms with van der Waals surface area (Å²) in [5.74, 6) is -0.568. The Hall–Kier alpha value is -1.40. The zero-order chi connectivity index (χ0) is 13.8. The lowest BCUT2D eigenvalue weighted by atomic mass is 10.3. The number of rotatable bonds is 10. The Morgan fingerprint density at radius 3 is 2.78 bits per heavy atom. The summed E-state index contributed by atoms with van der Waals surface area (Å²) >= 11 is 0. The summed E-state index contributed by atoms with van der Waals surface area (Å²) in [5, 5.41) is 11.7. The van der Waals surface area contributed by atoms with Gasteiger partial charge in [-0.05, 0) is 18.9 Å². The van der Waals surface area contributed by atoms with E-state index in [1.165, 1.54) is 13.2 Å². The lowest BCUT2D eigenvalue weighted by Crippen LogP contribution is -2.22. The Kier molecular flexibility index (Phi) is 9.90. The molecule has 1 amide bonds. The highest BCUT2D eigenvalue weighted by Crippen LogP contribution is 2.00. The van der Waals surface area contributed by atoms with Crippen LogP contribution in [0.1, 0.15) is 25.7 Å². The van der Waals surface area contributed by atoms with E-state index in [0.29, 0.717) is 19.6 Å². The summed E-state index contributed by atoms with van der Waals surface area (Å²) < 4.78 is 9.52. The van der Waals surface area contributed by atoms with Crippen molar-refractivity contribution in [1.82, 2.24) is 5.32 Å². The van der Waals surface area contributed by atoms with Gasteiger partial charge in [-0.2, -0.15) is 0 Å². The van der Waals surface area contributed by atoms with Crippen LogP contribution in [0.4, 0.5) is 0 Å². The number of carbonyl (C=O) groups is 2. The predicted octanol–water partition coefficient (Wildman–Crippen LogP) is 0.357. The summed E-state index contributed by atoms with van der Waals surface area (Å²) in [6.07, 6.45) is 2.05. The largest absolute Gasteiger partial charge is 0.466 e. The van der Waals surface area contributed by atoms with Crippen LogP contribution < -0.4 is 5.32 Å². The van der Waals surface area contributed by atoms with E-state index in [-0.39, 0.29) is 24.7 Å². The molecule has 0 rings (SSSR count). The third kappa shape index (κ3) is 9.80. The molecule has 0 aliphatic carbocycles. The summed E-state index contributed by atoms with van der Waals surface area (Å²) in [5.41, 5.74) is 0. The van der Waals surface area contributed by atoms with Gasteiger partial charge in [0.15, 0.2) is 6.29 Å². The molecule has 0 saturated carbocycles. The molecule has 0 aliphatic rings. The van der Waals surface area contributed by atoms with Crippen molar-refractivity contribution in [3.63, 3.8) is 0 Å². The molecule has 0 heterocycles. The van der Waals surface area contributed by atoms with Crippen molar-refractivity contribution in [3.05, 3.63) is 12.7 Å². The standard InChI is InChI=1S/C12H21NO5/c1-3-10(14)13-8-4-5-9-18-12(16)7-6-11(15)17-2/h3,11,15H,1,4-9H2,2H3,(H,13,14). The fraction of sp³-hybridized carbons (Fsp3) is 0.667. The molecule has 0 aromatic carbocycles. The smallest absolute Gasteiger partial charge is 0.305 e. The topological polar surface area (TPSA) is 84.9 Å². The van der Waals surface area contributed by atoms with E-state index < -0.39 is 6.29 Å². The van der Waals surface area contributed by atoms with E-state index in [2.05, 4.69) is 16.6 Å². The molecule has 0 radical (unpaired) electrons. The van der Waals surface area contributed by atoms with Gasteiger partial charge in [0.1, 0.15) is 0 Å². The number of unbranched alkanes of at least 4 members (excludes halogenated alkanes) is 1. The molecule has 0 fully saturated rings. The predicted molar refractivity (Wildman–Crippen MR) is 65.6 cm³/mol. The quantitative estimate of drug-likeness (QED) is 0.256. The highest BCUT2D eigenvalue weighted by atomic mass is 16.6. The maximum absolute atomic E-state index is 11.2. The van der Waals surface area contributed by atoms with Crippen LogP contribution in [0.3, 0.4) is 0 Å². The van der Waals surface area contributed by atoms with Crippen molar-refractivity contribution in [1.29, 1.82) is 0 Å². The summed E-state index contributed by atoms with van der Waals surface area (Å²) in [7, 11) is 1.37. The van der Waals surface area contributed by atoms with Gasteiger partial charge in [0.05, 0.1) is 13.0 Å². The second kappa shape index (κ2) is 10.7. The fourth-order valence-corrected chi connectivity index (χ4v) is 1.13. The normalized spacial score (nSPS) is 11.7. The van der Waals surface area contributed by atoms with Crippen molar-refractivity contribution < 1.29 is 24.2 Å². The lowest BCUT2D eigenvalue weighted by molar-refractivity contribution is -0.147. The van der Waals surface area contributed by atoms with Crippen LogP contribution in [0, 0.1) is 0 Å². The molecule has 18 heavy (non-hydrogen) atoms. The number of hydrogen-bond donors (Lipinski definition) is 2. The Bertz CT molecular complexity index is 267. The van der Waals surface area contributed by atoms with Crippen molar-refractivity contribution in [2.24, 2.45) is 0 Å². The number of ether oxygens (including phenoxy) is 2. The zero-order valence-corrected chi connectivity index (χ0v) is 10.7. The molecule has 0 bridgehead atoms. The first-order chi connectivity index (χ1) is 8.60. The molecule has 0 saturated heterocycles. The van der Waals surface area contributed by atoms with E-state index in [0.717, 1.165) is 6.42 Å². The minimum Gasteiger partial charge on any atom is -0.466 e. The van der Waals surface area contributed by atoms with Gasteiger partial charge in [0.2, 0.25) is 5.91 Å². The van der Waals surface area contributed by atoms with Gasteiger partial charge in [-0.25, -0.2) is 0 Å². The summed E-state index contributed by atoms with van der Waals surface area (Å²) in [4.78, 5) is 22.0. The number of esters is 1. The van der Waals surface area contributed by atoms with Gasteiger partial charge in [0, 0.05) is 20.1 Å². The minimum atomic E-state index is -0.924. The first-order valence-corrected chi connectivity index (χ1v) is 5.87. The van der Waals surface area contributed by atoms with Crippen LogP contribution >= 0.6 is 0 Å². The van der Waals surface area contributed by atoms with Crippen LogP contribution in [-0.4, -0.2) is 43.5 Å². The molecule has 6 nitrogen and oxygen atoms in total. The number of amides is 1. The molecule has 6 heteroatoms. The molecule has 1 atom stereocenters. The van der Waals surface area contributed by atoms with Crippen LogP contribution in [0.25, 0.3) is 0 Å². The number of nitrogens with one attached hydrogen (secondary N) is 1. The second-order valence-electron chi connectivity index (χ2n) is 3.65. The van der Waals surface area contributed by atoms with Crippen LogP contribution in [0.2, 0.25) is 0 Å². The molecule has 0 spiro atoms. The zero-order valence-electron chi connectivity index (χ0n) is 10.7. The molecule has 104 valence electrons. The van der Waals surface area contributed by atoms with Gasteiger partial charge in [-0.3, -0.25) is 9.59 Å². The van der Waals surface area contributed by atoms with Gasteiger partial charge < -0.3 is 19.9 Å². The SMILES string of the molecule is C=CC(=O)NCCCCOC(=O)CCC(O)OC. The van der Waals surface area contributed by atoms with Crippen molar-refractivity contribution in [3.8, 4) is 0 Å². The fourth-order valence-electron chi connectivity index (χ4n) is 1.13. The number of aliphatic hydroxyl groups excluding tert-OH is 1. The number of hydrogen-bond acceptors (Lipinski definition) is 5. The number of aliphatic hydroxyl groups is 1. The average molecular weight is 259 g/mol. The van der Waals surface area contributed by atoms with E-state index in [4.69, 9.17) is 9.84 Å². The van der Waals surface area contributed by atoms with Gasteiger partial charge in [-0.1, -0.05) is 6.58 Å². The van der Waals surface area contributed by atoms with Crippen molar-refractivity contribution >= 4 is 11.9 Å². The maximum Gasteiger partial charge on any atom is 0.305 e. The Morgan fingerprint density at radius 2 is 2.17 bits per heavy atom. The first-order valence-electron chi connectivity index (χ1n) is 5.87. The Balaban J connectivity index is 3.35. The Labute approximate surface area is 107 Å². The highest BCUT2D eigenvalue weighted by Gasteiger charge is 2.07. The minimum absolute atomic E-state index is 0.127. The van der Waals surface area contributed by atoms with Crippen LogP contribution in [-0.2, 0) is 19.1 Å². The summed E-state index contributed by atoms with van der Waals surface area (Å²) in [6.45, 7) is 4.17. The molecular formula is C12H21NO5. The van der Waals surface area contributed by atoms with E-state index in [1.54, 1.807) is 0 Å². The van der Waals surface area contributed by atoms with Crippen molar-refractivity contribution in [2.75, 3.05) is 20.3 Å². The third-order valence-electron chi connectivity index (χ3n) is 2.19. The monoisotopic (exact) mass is 259 g/mol. The van der Waals surface area contributed by atoms with Gasteiger partial charge >= 0.3 is 5.97 Å². The van der Waals surface area contributed by atoms with Crippen molar-refractivity contribution in [2.45, 2.75) is 32.0 Å². The number of methoxy groups -OCH3 is 1. The molecule has 1 unspecified atom stereocenters.